The molecule has 4 rings (SSSR count). The quantitative estimate of drug-likeness (QED) is 0.287. The molecule has 34 heavy (non-hydrogen) atoms. The smallest absolute Gasteiger partial charge is 0.254 e. The number of ether oxygens (including phenoxy) is 2. The van der Waals surface area contributed by atoms with Crippen molar-refractivity contribution >= 4 is 11.9 Å². The molecule has 1 aliphatic heterocycles. The Hall–Kier alpha value is -3.28. The van der Waals surface area contributed by atoms with E-state index >= 15 is 0 Å². The van der Waals surface area contributed by atoms with Crippen molar-refractivity contribution in [2.24, 2.45) is 0 Å². The van der Waals surface area contributed by atoms with E-state index in [0.29, 0.717) is 62.5 Å². The van der Waals surface area contributed by atoms with Crippen LogP contribution in [0.3, 0.4) is 0 Å². The lowest BCUT2D eigenvalue weighted by Gasteiger charge is -2.27. The van der Waals surface area contributed by atoms with Crippen molar-refractivity contribution in [2.75, 3.05) is 13.2 Å². The third-order valence-corrected chi connectivity index (χ3v) is 6.04. The van der Waals surface area contributed by atoms with E-state index in [1.807, 2.05) is 72.8 Å². The minimum Gasteiger partial charge on any atom is -0.377 e. The van der Waals surface area contributed by atoms with Crippen LogP contribution in [-0.4, -0.2) is 23.6 Å². The Labute approximate surface area is 200 Å². The highest BCUT2D eigenvalue weighted by Gasteiger charge is 2.24. The summed E-state index contributed by atoms with van der Waals surface area (Å²) < 4.78 is 13.5. The highest BCUT2D eigenvalue weighted by molar-refractivity contribution is 5.97. The number of carbonyl (C=O) groups is 1. The average molecular weight is 458 g/mol. The molecule has 2 heterocycles. The third kappa shape index (κ3) is 5.99. The van der Waals surface area contributed by atoms with Crippen molar-refractivity contribution in [1.29, 1.82) is 0 Å². The predicted octanol–water partition coefficient (Wildman–Crippen LogP) is 5.38. The second-order valence-corrected chi connectivity index (χ2v) is 8.63. The van der Waals surface area contributed by atoms with Gasteiger partial charge in [0.2, 0.25) is 0 Å². The van der Waals surface area contributed by atoms with Crippen molar-refractivity contribution in [1.82, 2.24) is 4.57 Å². The molecule has 0 bridgehead atoms. The molecule has 2 aromatic carbocycles. The van der Waals surface area contributed by atoms with Crippen molar-refractivity contribution in [3.63, 3.8) is 0 Å². The van der Waals surface area contributed by atoms with E-state index in [9.17, 15) is 9.59 Å². The van der Waals surface area contributed by atoms with Crippen LogP contribution in [0.1, 0.15) is 58.5 Å². The van der Waals surface area contributed by atoms with E-state index in [-0.39, 0.29) is 17.4 Å². The fraction of sp³-hybridized carbons (Fsp3) is 0.310. The summed E-state index contributed by atoms with van der Waals surface area (Å²) in [5.74, 6) is -0.0409. The maximum absolute atomic E-state index is 13.4. The predicted molar refractivity (Wildman–Crippen MR) is 134 cm³/mol. The maximum atomic E-state index is 13.4. The number of aromatic nitrogens is 1. The van der Waals surface area contributed by atoms with E-state index in [1.54, 1.807) is 17.6 Å². The Morgan fingerprint density at radius 3 is 2.26 bits per heavy atom. The first-order chi connectivity index (χ1) is 16.6. The number of Topliss-reactive ketones (excluding diaryl/α,β-unsaturated/α-hetero) is 1. The van der Waals surface area contributed by atoms with Gasteiger partial charge in [0.05, 0.1) is 31.6 Å². The van der Waals surface area contributed by atoms with Gasteiger partial charge in [-0.1, -0.05) is 66.7 Å². The summed E-state index contributed by atoms with van der Waals surface area (Å²) in [6.07, 6.45) is 5.88. The number of benzene rings is 2. The standard InChI is InChI=1S/C29H31NO4/c1-22(31)27-18-25(14-9-17-33-19-23-10-4-2-5-11-23)29(32)30-26(15-8-16-28(27)30)21-34-20-24-12-6-3-7-13-24/h2-8,10-13,16,18,26H,9,14-15,17,19-21H2,1H3/t26-/m0/s1. The van der Waals surface area contributed by atoms with Crippen LogP contribution in [0.15, 0.2) is 77.6 Å². The molecule has 0 unspecified atom stereocenters. The van der Waals surface area contributed by atoms with E-state index in [0.717, 1.165) is 11.1 Å². The fourth-order valence-electron chi connectivity index (χ4n) is 4.30. The number of nitrogens with zero attached hydrogens (tertiary/aromatic N) is 1. The lowest BCUT2D eigenvalue weighted by molar-refractivity contribution is 0.0882. The van der Waals surface area contributed by atoms with E-state index in [2.05, 4.69) is 0 Å². The highest BCUT2D eigenvalue weighted by Crippen LogP contribution is 2.25. The molecule has 1 aliphatic rings. The number of allylic oxidation sites excluding steroid dienone is 1. The van der Waals surface area contributed by atoms with Gasteiger partial charge in [-0.3, -0.25) is 9.59 Å². The normalized spacial score (nSPS) is 14.7. The number of aryl methyl sites for hydroxylation is 1. The third-order valence-electron chi connectivity index (χ3n) is 6.04. The topological polar surface area (TPSA) is 57.5 Å². The number of hydrogen-bond donors (Lipinski definition) is 0. The molecule has 0 amide bonds. The molecule has 0 fully saturated rings. The van der Waals surface area contributed by atoms with Gasteiger partial charge in [-0.15, -0.1) is 0 Å². The first kappa shape index (κ1) is 23.9. The van der Waals surface area contributed by atoms with Crippen molar-refractivity contribution < 1.29 is 14.3 Å². The van der Waals surface area contributed by atoms with Crippen LogP contribution in [-0.2, 0) is 29.1 Å². The molecule has 0 aliphatic carbocycles. The molecule has 1 aromatic heterocycles. The molecular formula is C29H31NO4. The SMILES string of the molecule is CC(=O)c1cc(CCCOCc2ccccc2)c(=O)n2c1C=CC[C@H]2COCc1ccccc1. The van der Waals surface area contributed by atoms with E-state index < -0.39 is 0 Å². The molecule has 3 aromatic rings. The van der Waals surface area contributed by atoms with Gasteiger partial charge in [0.15, 0.2) is 5.78 Å². The average Bonchev–Trinajstić information content (AvgIpc) is 2.86. The first-order valence-corrected chi connectivity index (χ1v) is 11.8. The van der Waals surface area contributed by atoms with Crippen molar-refractivity contribution in [3.05, 3.63) is 111 Å². The summed E-state index contributed by atoms with van der Waals surface area (Å²) in [4.78, 5) is 25.9. The molecule has 0 radical (unpaired) electrons. The van der Waals surface area contributed by atoms with Crippen LogP contribution < -0.4 is 5.56 Å². The zero-order valence-electron chi connectivity index (χ0n) is 19.6. The first-order valence-electron chi connectivity index (χ1n) is 11.8. The Bertz CT molecular complexity index is 1180. The number of pyridine rings is 1. The number of rotatable bonds is 11. The largest absolute Gasteiger partial charge is 0.377 e. The minimum absolute atomic E-state index is 0.0409. The number of ketones is 1. The van der Waals surface area contributed by atoms with Crippen LogP contribution >= 0.6 is 0 Å². The lowest BCUT2D eigenvalue weighted by Crippen LogP contribution is -2.34. The van der Waals surface area contributed by atoms with Gasteiger partial charge >= 0.3 is 0 Å². The van der Waals surface area contributed by atoms with Crippen LogP contribution in [0.5, 0.6) is 0 Å². The van der Waals surface area contributed by atoms with Gasteiger partial charge in [0, 0.05) is 17.7 Å². The van der Waals surface area contributed by atoms with Gasteiger partial charge < -0.3 is 14.0 Å². The number of fused-ring (bicyclic) bond motifs is 1. The summed E-state index contributed by atoms with van der Waals surface area (Å²) in [5.41, 5.74) is 4.10. The Kier molecular flexibility index (Phi) is 8.23. The molecule has 0 saturated heterocycles. The summed E-state index contributed by atoms with van der Waals surface area (Å²) >= 11 is 0. The summed E-state index contributed by atoms with van der Waals surface area (Å²) in [6, 6.07) is 21.6. The van der Waals surface area contributed by atoms with Crippen LogP contribution in [0, 0.1) is 0 Å². The Morgan fingerprint density at radius 2 is 1.62 bits per heavy atom. The molecule has 176 valence electrons. The molecule has 5 heteroatoms. The second kappa shape index (κ2) is 11.7. The fourth-order valence-corrected chi connectivity index (χ4v) is 4.30. The van der Waals surface area contributed by atoms with E-state index in [4.69, 9.17) is 9.47 Å². The number of carbonyl (C=O) groups excluding carboxylic acids is 1. The van der Waals surface area contributed by atoms with Crippen LogP contribution in [0.25, 0.3) is 6.08 Å². The lowest BCUT2D eigenvalue weighted by atomic mass is 9.99. The van der Waals surface area contributed by atoms with Gasteiger partial charge in [0.25, 0.3) is 5.56 Å². The molecule has 1 atom stereocenters. The molecule has 5 nitrogen and oxygen atoms in total. The molecular weight excluding hydrogens is 426 g/mol. The summed E-state index contributed by atoms with van der Waals surface area (Å²) in [7, 11) is 0. The van der Waals surface area contributed by atoms with Gasteiger partial charge in [0.1, 0.15) is 0 Å². The Morgan fingerprint density at radius 1 is 0.971 bits per heavy atom. The molecule has 0 saturated carbocycles. The zero-order valence-corrected chi connectivity index (χ0v) is 19.6. The van der Waals surface area contributed by atoms with E-state index in [1.165, 1.54) is 0 Å². The zero-order chi connectivity index (χ0) is 23.8. The van der Waals surface area contributed by atoms with Crippen molar-refractivity contribution in [3.8, 4) is 0 Å². The van der Waals surface area contributed by atoms with Crippen LogP contribution in [0.2, 0.25) is 0 Å². The second-order valence-electron chi connectivity index (χ2n) is 8.63. The highest BCUT2D eigenvalue weighted by atomic mass is 16.5. The summed E-state index contributed by atoms with van der Waals surface area (Å²) in [5, 5.41) is 0. The molecule has 0 N–H and O–H groups in total. The van der Waals surface area contributed by atoms with Crippen molar-refractivity contribution in [2.45, 2.75) is 45.4 Å². The van der Waals surface area contributed by atoms with Gasteiger partial charge in [-0.05, 0) is 49.5 Å². The molecule has 0 spiro atoms. The van der Waals surface area contributed by atoms with Crippen LogP contribution in [0.4, 0.5) is 0 Å². The number of hydrogen-bond acceptors (Lipinski definition) is 4. The van der Waals surface area contributed by atoms with Gasteiger partial charge in [-0.25, -0.2) is 0 Å². The summed E-state index contributed by atoms with van der Waals surface area (Å²) in [6.45, 7) is 3.55. The monoisotopic (exact) mass is 457 g/mol. The Balaban J connectivity index is 1.45. The van der Waals surface area contributed by atoms with Gasteiger partial charge in [-0.2, -0.15) is 0 Å². The minimum atomic E-state index is -0.136. The maximum Gasteiger partial charge on any atom is 0.254 e.